The highest BCUT2D eigenvalue weighted by Crippen LogP contribution is 2.32. The Labute approximate surface area is 137 Å². The summed E-state index contributed by atoms with van der Waals surface area (Å²) in [5.41, 5.74) is 1.91. The van der Waals surface area contributed by atoms with Gasteiger partial charge in [0.15, 0.2) is 5.78 Å². The van der Waals surface area contributed by atoms with Crippen LogP contribution in [0.15, 0.2) is 24.3 Å². The number of halogens is 1. The number of unbranched alkanes of at least 4 members (excludes halogenated alkanes) is 1. The monoisotopic (exact) mass is 348 g/mol. The Morgan fingerprint density at radius 2 is 2.14 bits per heavy atom. The second kappa shape index (κ2) is 8.39. The highest BCUT2D eigenvalue weighted by atomic mass is 79.9. The van der Waals surface area contributed by atoms with Crippen molar-refractivity contribution in [3.05, 3.63) is 35.4 Å². The molecule has 2 atom stereocenters. The average molecular weight is 349 g/mol. The van der Waals surface area contributed by atoms with E-state index in [1.165, 1.54) is 5.56 Å². The van der Waals surface area contributed by atoms with Gasteiger partial charge in [0, 0.05) is 5.92 Å². The van der Waals surface area contributed by atoms with Crippen molar-refractivity contribution in [3.63, 3.8) is 0 Å². The van der Waals surface area contributed by atoms with Crippen LogP contribution in [-0.4, -0.2) is 11.1 Å². The predicted octanol–water partition coefficient (Wildman–Crippen LogP) is 5.05. The van der Waals surface area contributed by atoms with Crippen LogP contribution in [-0.2, 0) is 10.2 Å². The maximum Gasteiger partial charge on any atom is 0.153 e. The molecule has 114 valence electrons. The zero-order valence-electron chi connectivity index (χ0n) is 13.3. The summed E-state index contributed by atoms with van der Waals surface area (Å²) in [5.74, 6) is 3.33. The van der Waals surface area contributed by atoms with Crippen LogP contribution in [0, 0.1) is 25.2 Å². The van der Waals surface area contributed by atoms with Crippen LogP contribution in [0.3, 0.4) is 0 Å². The van der Waals surface area contributed by atoms with Gasteiger partial charge in [0.05, 0.1) is 10.7 Å². The van der Waals surface area contributed by atoms with E-state index in [1.807, 2.05) is 6.07 Å². The standard InChI is InChI=1S/C19H25BrO/c1-5-15(2)9-6-7-12-19(4,18(21)14-20)17-11-8-10-16(3)13-17/h1,8,10-11,13,15H,6-7,9,12,14H2,2-4H3. The van der Waals surface area contributed by atoms with Crippen molar-refractivity contribution in [2.24, 2.45) is 5.92 Å². The molecule has 2 heteroatoms. The molecule has 0 spiro atoms. The number of Topliss-reactive ketones (excluding diaryl/α,β-unsaturated/α-hetero) is 1. The summed E-state index contributed by atoms with van der Waals surface area (Å²) >= 11 is 3.33. The summed E-state index contributed by atoms with van der Waals surface area (Å²) in [4.78, 5) is 12.5. The lowest BCUT2D eigenvalue weighted by Gasteiger charge is -2.28. The van der Waals surface area contributed by atoms with E-state index in [9.17, 15) is 4.79 Å². The molecule has 1 rings (SSSR count). The van der Waals surface area contributed by atoms with Gasteiger partial charge in [0.25, 0.3) is 0 Å². The topological polar surface area (TPSA) is 17.1 Å². The molecular weight excluding hydrogens is 324 g/mol. The molecular formula is C19H25BrO. The second-order valence-electron chi connectivity index (χ2n) is 6.07. The van der Waals surface area contributed by atoms with Gasteiger partial charge in [-0.1, -0.05) is 65.5 Å². The fourth-order valence-corrected chi connectivity index (χ4v) is 3.21. The Morgan fingerprint density at radius 1 is 1.43 bits per heavy atom. The van der Waals surface area contributed by atoms with Gasteiger partial charge in [-0.3, -0.25) is 4.79 Å². The van der Waals surface area contributed by atoms with Crippen molar-refractivity contribution in [1.82, 2.24) is 0 Å². The van der Waals surface area contributed by atoms with E-state index >= 15 is 0 Å². The van der Waals surface area contributed by atoms with Gasteiger partial charge >= 0.3 is 0 Å². The van der Waals surface area contributed by atoms with E-state index < -0.39 is 5.41 Å². The van der Waals surface area contributed by atoms with Gasteiger partial charge in [0.1, 0.15) is 0 Å². The third-order valence-electron chi connectivity index (χ3n) is 4.24. The number of alkyl halides is 1. The largest absolute Gasteiger partial charge is 0.298 e. The molecule has 0 aliphatic carbocycles. The van der Waals surface area contributed by atoms with E-state index in [1.54, 1.807) is 0 Å². The number of carbonyl (C=O) groups excluding carboxylic acids is 1. The highest BCUT2D eigenvalue weighted by Gasteiger charge is 2.33. The molecule has 21 heavy (non-hydrogen) atoms. The Morgan fingerprint density at radius 3 is 2.71 bits per heavy atom. The van der Waals surface area contributed by atoms with Gasteiger partial charge in [-0.25, -0.2) is 0 Å². The number of benzene rings is 1. The number of aryl methyl sites for hydroxylation is 1. The van der Waals surface area contributed by atoms with Gasteiger partial charge in [0.2, 0.25) is 0 Å². The lowest BCUT2D eigenvalue weighted by Crippen LogP contribution is -2.33. The predicted molar refractivity (Wildman–Crippen MR) is 93.8 cm³/mol. The number of hydrogen-bond donors (Lipinski definition) is 0. The first-order valence-electron chi connectivity index (χ1n) is 7.56. The maximum absolute atomic E-state index is 12.5. The van der Waals surface area contributed by atoms with Gasteiger partial charge in [-0.15, -0.1) is 12.3 Å². The molecule has 0 fully saturated rings. The van der Waals surface area contributed by atoms with Crippen molar-refractivity contribution in [2.45, 2.75) is 51.9 Å². The summed E-state index contributed by atoms with van der Waals surface area (Å²) in [6, 6.07) is 8.30. The molecule has 0 saturated carbocycles. The van der Waals surface area contributed by atoms with E-state index in [0.29, 0.717) is 11.2 Å². The summed E-state index contributed by atoms with van der Waals surface area (Å²) in [6.07, 6.45) is 9.41. The third-order valence-corrected chi connectivity index (χ3v) is 4.75. The van der Waals surface area contributed by atoms with E-state index in [2.05, 4.69) is 60.8 Å². The fraction of sp³-hybridized carbons (Fsp3) is 0.526. The first kappa shape index (κ1) is 18.0. The smallest absolute Gasteiger partial charge is 0.153 e. The van der Waals surface area contributed by atoms with E-state index in [4.69, 9.17) is 6.42 Å². The van der Waals surface area contributed by atoms with Crippen LogP contribution in [0.5, 0.6) is 0 Å². The van der Waals surface area contributed by atoms with E-state index in [0.717, 1.165) is 31.2 Å². The van der Waals surface area contributed by atoms with Crippen LogP contribution >= 0.6 is 15.9 Å². The van der Waals surface area contributed by atoms with Crippen LogP contribution in [0.25, 0.3) is 0 Å². The lowest BCUT2D eigenvalue weighted by molar-refractivity contribution is -0.121. The minimum atomic E-state index is -0.408. The summed E-state index contributed by atoms with van der Waals surface area (Å²) in [6.45, 7) is 6.20. The summed E-state index contributed by atoms with van der Waals surface area (Å²) in [7, 11) is 0. The number of hydrogen-bond acceptors (Lipinski definition) is 1. The Balaban J connectivity index is 2.81. The number of ketones is 1. The van der Waals surface area contributed by atoms with Crippen molar-refractivity contribution in [1.29, 1.82) is 0 Å². The molecule has 0 amide bonds. The zero-order valence-corrected chi connectivity index (χ0v) is 14.9. The normalized spacial score (nSPS) is 15.0. The number of carbonyl (C=O) groups is 1. The minimum Gasteiger partial charge on any atom is -0.298 e. The molecule has 0 aliphatic heterocycles. The van der Waals surface area contributed by atoms with Gasteiger partial charge in [-0.2, -0.15) is 0 Å². The van der Waals surface area contributed by atoms with Crippen molar-refractivity contribution in [2.75, 3.05) is 5.33 Å². The fourth-order valence-electron chi connectivity index (χ4n) is 2.59. The third kappa shape index (κ3) is 5.00. The Bertz CT molecular complexity index is 515. The maximum atomic E-state index is 12.5. The number of rotatable bonds is 8. The summed E-state index contributed by atoms with van der Waals surface area (Å²) in [5, 5.41) is 0.401. The van der Waals surface area contributed by atoms with E-state index in [-0.39, 0.29) is 5.78 Å². The summed E-state index contributed by atoms with van der Waals surface area (Å²) < 4.78 is 0. The molecule has 0 radical (unpaired) electrons. The van der Waals surface area contributed by atoms with Crippen LogP contribution < -0.4 is 0 Å². The van der Waals surface area contributed by atoms with Crippen molar-refractivity contribution < 1.29 is 4.79 Å². The van der Waals surface area contributed by atoms with Crippen LogP contribution in [0.2, 0.25) is 0 Å². The first-order valence-corrected chi connectivity index (χ1v) is 8.68. The molecule has 0 N–H and O–H groups in total. The van der Waals surface area contributed by atoms with Crippen molar-refractivity contribution >= 4 is 21.7 Å². The average Bonchev–Trinajstić information content (AvgIpc) is 2.50. The van der Waals surface area contributed by atoms with Crippen LogP contribution in [0.1, 0.15) is 50.7 Å². The molecule has 0 aliphatic rings. The highest BCUT2D eigenvalue weighted by molar-refractivity contribution is 9.09. The molecule has 0 heterocycles. The molecule has 1 aromatic carbocycles. The SMILES string of the molecule is C#CC(C)CCCCC(C)(C(=O)CBr)c1cccc(C)c1. The molecule has 1 aromatic rings. The Hall–Kier alpha value is -1.07. The van der Waals surface area contributed by atoms with Gasteiger partial charge < -0.3 is 0 Å². The Kier molecular flexibility index (Phi) is 7.18. The molecule has 0 saturated heterocycles. The zero-order chi connectivity index (χ0) is 15.9. The lowest BCUT2D eigenvalue weighted by atomic mass is 9.74. The molecule has 2 unspecified atom stereocenters. The quantitative estimate of drug-likeness (QED) is 0.365. The molecule has 0 aromatic heterocycles. The molecule has 0 bridgehead atoms. The number of terminal acetylenes is 1. The van der Waals surface area contributed by atoms with Crippen LogP contribution in [0.4, 0.5) is 0 Å². The molecule has 1 nitrogen and oxygen atoms in total. The van der Waals surface area contributed by atoms with Crippen molar-refractivity contribution in [3.8, 4) is 12.3 Å². The van der Waals surface area contributed by atoms with Gasteiger partial charge in [-0.05, 0) is 32.3 Å². The minimum absolute atomic E-state index is 0.248. The first-order chi connectivity index (χ1) is 9.93. The second-order valence-corrected chi connectivity index (χ2v) is 6.63.